The van der Waals surface area contributed by atoms with E-state index in [1.165, 1.54) is 6.92 Å². The van der Waals surface area contributed by atoms with Gasteiger partial charge in [0.1, 0.15) is 17.8 Å². The number of fused-ring (bicyclic) bond motifs is 3. The number of alkyl carbamates (subject to hydrolysis) is 1. The maximum Gasteiger partial charge on any atom is 0.407 e. The number of H-pyrrole nitrogens is 1. The lowest BCUT2D eigenvalue weighted by molar-refractivity contribution is -0.119. The van der Waals surface area contributed by atoms with E-state index >= 15 is 0 Å². The number of imidazole rings is 1. The van der Waals surface area contributed by atoms with Crippen LogP contribution in [0.5, 0.6) is 0 Å². The molecular weight excluding hydrogens is 360 g/mol. The summed E-state index contributed by atoms with van der Waals surface area (Å²) in [5, 5.41) is 6.60. The highest BCUT2D eigenvalue weighted by molar-refractivity contribution is 6.00. The van der Waals surface area contributed by atoms with Gasteiger partial charge in [0.25, 0.3) is 0 Å². The Morgan fingerprint density at radius 3 is 2.89 bits per heavy atom. The fraction of sp³-hybridized carbons (Fsp3) is 0.474. The molecule has 0 saturated heterocycles. The molecule has 3 heterocycles. The monoisotopic (exact) mass is 384 g/mol. The summed E-state index contributed by atoms with van der Waals surface area (Å²) in [6.07, 6.45) is 8.84. The first kappa shape index (κ1) is 18.3. The van der Waals surface area contributed by atoms with Crippen LogP contribution in [0, 0.1) is 0 Å². The number of ether oxygens (including phenoxy) is 1. The zero-order valence-corrected chi connectivity index (χ0v) is 15.8. The molecule has 0 unspecified atom stereocenters. The van der Waals surface area contributed by atoms with E-state index in [-0.39, 0.29) is 18.6 Å². The number of pyridine rings is 1. The van der Waals surface area contributed by atoms with Gasteiger partial charge in [-0.2, -0.15) is 0 Å². The molecule has 0 bridgehead atoms. The summed E-state index contributed by atoms with van der Waals surface area (Å²) in [6.45, 7) is 1.92. The van der Waals surface area contributed by atoms with Gasteiger partial charge in [-0.3, -0.25) is 4.79 Å². The second-order valence-electron chi connectivity index (χ2n) is 7.15. The molecule has 0 radical (unpaired) electrons. The van der Waals surface area contributed by atoms with Crippen molar-refractivity contribution in [3.05, 3.63) is 24.8 Å². The number of hydrogen-bond acceptors (Lipinski definition) is 5. The van der Waals surface area contributed by atoms with Gasteiger partial charge in [-0.15, -0.1) is 0 Å². The first-order valence-corrected chi connectivity index (χ1v) is 9.58. The summed E-state index contributed by atoms with van der Waals surface area (Å²) < 4.78 is 7.35. The summed E-state index contributed by atoms with van der Waals surface area (Å²) in [5.41, 5.74) is 2.88. The summed E-state index contributed by atoms with van der Waals surface area (Å²) in [7, 11) is 0. The van der Waals surface area contributed by atoms with Crippen LogP contribution < -0.4 is 10.6 Å². The molecule has 0 spiro atoms. The number of aromatic nitrogens is 4. The molecule has 148 valence electrons. The van der Waals surface area contributed by atoms with Crippen molar-refractivity contribution in [2.45, 2.75) is 44.7 Å². The SMILES string of the molecule is CC(=O)NCCOC(=O)N[C@H]1CC[C@H](n2cnc3cnc4[nH]ccc4c32)CC1. The Morgan fingerprint density at radius 2 is 2.11 bits per heavy atom. The van der Waals surface area contributed by atoms with E-state index < -0.39 is 6.09 Å². The van der Waals surface area contributed by atoms with Crippen LogP contribution >= 0.6 is 0 Å². The van der Waals surface area contributed by atoms with Crippen LogP contribution in [-0.2, 0) is 9.53 Å². The third-order valence-electron chi connectivity index (χ3n) is 5.24. The van der Waals surface area contributed by atoms with Crippen molar-refractivity contribution < 1.29 is 14.3 Å². The number of hydrogen-bond donors (Lipinski definition) is 3. The van der Waals surface area contributed by atoms with Gasteiger partial charge in [0, 0.05) is 30.6 Å². The first-order chi connectivity index (χ1) is 13.6. The molecule has 0 aliphatic heterocycles. The van der Waals surface area contributed by atoms with Gasteiger partial charge in [0.15, 0.2) is 0 Å². The summed E-state index contributed by atoms with van der Waals surface area (Å²) in [4.78, 5) is 34.7. The molecular formula is C19H24N6O3. The normalized spacial score (nSPS) is 19.6. The predicted octanol–water partition coefficient (Wildman–Crippen LogP) is 2.26. The number of amides is 2. The molecule has 3 aromatic heterocycles. The second-order valence-corrected chi connectivity index (χ2v) is 7.15. The zero-order chi connectivity index (χ0) is 19.5. The minimum absolute atomic E-state index is 0.105. The average molecular weight is 384 g/mol. The third kappa shape index (κ3) is 3.78. The maximum absolute atomic E-state index is 11.9. The van der Waals surface area contributed by atoms with E-state index in [4.69, 9.17) is 4.74 Å². The van der Waals surface area contributed by atoms with Gasteiger partial charge in [0.05, 0.1) is 24.6 Å². The summed E-state index contributed by atoms with van der Waals surface area (Å²) in [5.74, 6) is -0.137. The quantitative estimate of drug-likeness (QED) is 0.584. The van der Waals surface area contributed by atoms with E-state index in [0.29, 0.717) is 12.6 Å². The minimum Gasteiger partial charge on any atom is -0.448 e. The zero-order valence-electron chi connectivity index (χ0n) is 15.8. The van der Waals surface area contributed by atoms with Crippen LogP contribution in [0.25, 0.3) is 22.1 Å². The number of carbonyl (C=O) groups is 2. The maximum atomic E-state index is 11.9. The van der Waals surface area contributed by atoms with Gasteiger partial charge in [-0.05, 0) is 31.7 Å². The van der Waals surface area contributed by atoms with Crippen molar-refractivity contribution in [1.29, 1.82) is 0 Å². The van der Waals surface area contributed by atoms with Gasteiger partial charge in [-0.25, -0.2) is 14.8 Å². The molecule has 1 aliphatic carbocycles. The lowest BCUT2D eigenvalue weighted by Crippen LogP contribution is -2.39. The topological polar surface area (TPSA) is 114 Å². The fourth-order valence-electron chi connectivity index (χ4n) is 3.89. The van der Waals surface area contributed by atoms with Crippen LogP contribution in [0.2, 0.25) is 0 Å². The summed E-state index contributed by atoms with van der Waals surface area (Å²) in [6, 6.07) is 2.49. The van der Waals surface area contributed by atoms with Crippen molar-refractivity contribution in [1.82, 2.24) is 30.2 Å². The molecule has 1 saturated carbocycles. The molecule has 1 aliphatic rings. The van der Waals surface area contributed by atoms with Crippen LogP contribution in [0.1, 0.15) is 38.6 Å². The molecule has 4 rings (SSSR count). The van der Waals surface area contributed by atoms with E-state index in [9.17, 15) is 9.59 Å². The highest BCUT2D eigenvalue weighted by atomic mass is 16.5. The number of aromatic amines is 1. The van der Waals surface area contributed by atoms with E-state index in [2.05, 4.69) is 30.2 Å². The molecule has 9 nitrogen and oxygen atoms in total. The van der Waals surface area contributed by atoms with Crippen molar-refractivity contribution >= 4 is 34.1 Å². The second kappa shape index (κ2) is 7.87. The lowest BCUT2D eigenvalue weighted by Gasteiger charge is -2.30. The van der Waals surface area contributed by atoms with E-state index in [1.54, 1.807) is 6.20 Å². The highest BCUT2D eigenvalue weighted by Crippen LogP contribution is 2.33. The Labute approximate surface area is 161 Å². The van der Waals surface area contributed by atoms with Gasteiger partial charge in [0.2, 0.25) is 5.91 Å². The number of nitrogens with one attached hydrogen (secondary N) is 3. The van der Waals surface area contributed by atoms with Gasteiger partial charge >= 0.3 is 6.09 Å². The standard InChI is InChI=1S/C19H24N6O3/c1-12(26)20-8-9-28-19(27)24-13-2-4-14(5-3-13)25-11-23-16-10-22-18-15(17(16)25)6-7-21-18/h6-7,10-11,13-14H,2-5,8-9H2,1H3,(H,20,26)(H,21,22)(H,24,27)/t13-,14-. The predicted molar refractivity (Wildman–Crippen MR) is 104 cm³/mol. The molecule has 0 aromatic carbocycles. The van der Waals surface area contributed by atoms with Crippen molar-refractivity contribution in [3.8, 4) is 0 Å². The van der Waals surface area contributed by atoms with Crippen LogP contribution in [0.3, 0.4) is 0 Å². The van der Waals surface area contributed by atoms with Crippen LogP contribution in [0.4, 0.5) is 4.79 Å². The molecule has 1 fully saturated rings. The van der Waals surface area contributed by atoms with Crippen LogP contribution in [0.15, 0.2) is 24.8 Å². The Bertz CT molecular complexity index is 986. The Balaban J connectivity index is 1.33. The molecule has 28 heavy (non-hydrogen) atoms. The Hall–Kier alpha value is -3.10. The van der Waals surface area contributed by atoms with E-state index in [1.807, 2.05) is 18.6 Å². The fourth-order valence-corrected chi connectivity index (χ4v) is 3.89. The van der Waals surface area contributed by atoms with Crippen molar-refractivity contribution in [3.63, 3.8) is 0 Å². The third-order valence-corrected chi connectivity index (χ3v) is 5.24. The largest absolute Gasteiger partial charge is 0.448 e. The van der Waals surface area contributed by atoms with Gasteiger partial charge < -0.3 is 24.9 Å². The lowest BCUT2D eigenvalue weighted by atomic mass is 9.91. The average Bonchev–Trinajstić information content (AvgIpc) is 3.32. The number of carbonyl (C=O) groups excluding carboxylic acids is 2. The van der Waals surface area contributed by atoms with Crippen LogP contribution in [-0.4, -0.2) is 50.7 Å². The Kier molecular flexibility index (Phi) is 5.14. The molecule has 0 atom stereocenters. The molecule has 2 amide bonds. The number of rotatable bonds is 5. The van der Waals surface area contributed by atoms with E-state index in [0.717, 1.165) is 47.8 Å². The molecule has 3 N–H and O–H groups in total. The highest BCUT2D eigenvalue weighted by Gasteiger charge is 2.25. The number of nitrogens with zero attached hydrogens (tertiary/aromatic N) is 3. The van der Waals surface area contributed by atoms with Gasteiger partial charge in [-0.1, -0.05) is 0 Å². The molecule has 9 heteroatoms. The van der Waals surface area contributed by atoms with Crippen molar-refractivity contribution in [2.24, 2.45) is 0 Å². The smallest absolute Gasteiger partial charge is 0.407 e. The minimum atomic E-state index is -0.429. The molecule has 3 aromatic rings. The summed E-state index contributed by atoms with van der Waals surface area (Å²) >= 11 is 0. The van der Waals surface area contributed by atoms with Crippen molar-refractivity contribution in [2.75, 3.05) is 13.2 Å². The Morgan fingerprint density at radius 1 is 1.29 bits per heavy atom. The first-order valence-electron chi connectivity index (χ1n) is 9.58.